The Kier molecular flexibility index (Phi) is 4.12. The van der Waals surface area contributed by atoms with Crippen LogP contribution in [0.3, 0.4) is 0 Å². The number of carbonyl (C=O) groups is 2. The van der Waals surface area contributed by atoms with Crippen molar-refractivity contribution >= 4 is 46.7 Å². The second kappa shape index (κ2) is 6.22. The van der Waals surface area contributed by atoms with E-state index >= 15 is 0 Å². The van der Waals surface area contributed by atoms with Crippen molar-refractivity contribution < 1.29 is 9.59 Å². The molecule has 0 aromatic heterocycles. The van der Waals surface area contributed by atoms with Crippen molar-refractivity contribution in [3.8, 4) is 0 Å². The summed E-state index contributed by atoms with van der Waals surface area (Å²) in [5.74, 6) is -1.78. The van der Waals surface area contributed by atoms with Gasteiger partial charge in [-0.15, -0.1) is 0 Å². The van der Waals surface area contributed by atoms with E-state index in [2.05, 4.69) is 10.3 Å². The van der Waals surface area contributed by atoms with Gasteiger partial charge >= 0.3 is 0 Å². The predicted octanol–water partition coefficient (Wildman–Crippen LogP) is 3.27. The summed E-state index contributed by atoms with van der Waals surface area (Å²) in [5.41, 5.74) is 1.73. The highest BCUT2D eigenvalue weighted by Gasteiger charge is 2.35. The Morgan fingerprint density at radius 2 is 1.91 bits per heavy atom. The summed E-state index contributed by atoms with van der Waals surface area (Å²) in [7, 11) is 1.53. The second-order valence-corrected chi connectivity index (χ2v) is 5.48. The maximum absolute atomic E-state index is 13.0. The molecule has 1 aliphatic rings. The molecule has 116 valence electrons. The molecule has 5 nitrogen and oxygen atoms in total. The zero-order chi connectivity index (χ0) is 16.4. The van der Waals surface area contributed by atoms with Crippen LogP contribution in [-0.4, -0.2) is 25.1 Å². The minimum atomic E-state index is -0.994. The van der Waals surface area contributed by atoms with Crippen LogP contribution in [-0.2, 0) is 9.59 Å². The summed E-state index contributed by atoms with van der Waals surface area (Å²) in [6.07, 6.45) is 1.35. The number of para-hydroxylation sites is 1. The van der Waals surface area contributed by atoms with Crippen LogP contribution in [0.25, 0.3) is 0 Å². The lowest BCUT2D eigenvalue weighted by Crippen LogP contribution is -2.37. The molecule has 0 saturated heterocycles. The third-order valence-corrected chi connectivity index (χ3v) is 3.78. The van der Waals surface area contributed by atoms with Gasteiger partial charge in [0.05, 0.1) is 11.4 Å². The lowest BCUT2D eigenvalue weighted by Gasteiger charge is -2.23. The second-order valence-electron chi connectivity index (χ2n) is 5.04. The van der Waals surface area contributed by atoms with Crippen molar-refractivity contribution in [3.05, 3.63) is 53.6 Å². The van der Waals surface area contributed by atoms with Gasteiger partial charge in [-0.05, 0) is 30.3 Å². The summed E-state index contributed by atoms with van der Waals surface area (Å²) in [6.45, 7) is 0. The monoisotopic (exact) mass is 327 g/mol. The van der Waals surface area contributed by atoms with E-state index in [1.807, 2.05) is 18.2 Å². The Labute approximate surface area is 138 Å². The highest BCUT2D eigenvalue weighted by atomic mass is 35.5. The number of aliphatic imine (C=N–C) groups is 1. The molecule has 0 aliphatic carbocycles. The van der Waals surface area contributed by atoms with Gasteiger partial charge in [0, 0.05) is 24.0 Å². The van der Waals surface area contributed by atoms with Crippen molar-refractivity contribution in [2.45, 2.75) is 0 Å². The van der Waals surface area contributed by atoms with Crippen LogP contribution in [0.2, 0.25) is 5.02 Å². The van der Waals surface area contributed by atoms with Gasteiger partial charge in [-0.3, -0.25) is 19.5 Å². The van der Waals surface area contributed by atoms with Gasteiger partial charge in [0.2, 0.25) is 11.8 Å². The number of halogens is 1. The topological polar surface area (TPSA) is 61.8 Å². The van der Waals surface area contributed by atoms with E-state index in [1.165, 1.54) is 18.2 Å². The summed E-state index contributed by atoms with van der Waals surface area (Å²) < 4.78 is 0. The number of carbonyl (C=O) groups excluding carboxylic acids is 2. The Hall–Kier alpha value is -2.66. The zero-order valence-electron chi connectivity index (χ0n) is 12.4. The minimum absolute atomic E-state index is 0.375. The van der Waals surface area contributed by atoms with Crippen molar-refractivity contribution in [2.75, 3.05) is 17.3 Å². The molecule has 1 N–H and O–H groups in total. The first-order valence-corrected chi connectivity index (χ1v) is 7.41. The molecule has 23 heavy (non-hydrogen) atoms. The molecule has 0 bridgehead atoms. The van der Waals surface area contributed by atoms with E-state index in [9.17, 15) is 9.59 Å². The number of hydrogen-bond acceptors (Lipinski definition) is 3. The quantitative estimate of drug-likeness (QED) is 0.679. The van der Waals surface area contributed by atoms with Crippen molar-refractivity contribution in [2.24, 2.45) is 10.9 Å². The van der Waals surface area contributed by atoms with Crippen LogP contribution < -0.4 is 10.2 Å². The number of anilines is 3. The van der Waals surface area contributed by atoms with Crippen LogP contribution in [0.5, 0.6) is 0 Å². The minimum Gasteiger partial charge on any atom is -0.323 e. The van der Waals surface area contributed by atoms with E-state index in [-0.39, 0.29) is 5.91 Å². The van der Waals surface area contributed by atoms with E-state index in [4.69, 9.17) is 11.6 Å². The first-order chi connectivity index (χ1) is 11.1. The Bertz CT molecular complexity index is 790. The van der Waals surface area contributed by atoms with E-state index < -0.39 is 11.8 Å². The zero-order valence-corrected chi connectivity index (χ0v) is 13.1. The maximum Gasteiger partial charge on any atom is 0.249 e. The molecular formula is C17H14ClN3O2. The molecule has 2 aromatic carbocycles. The van der Waals surface area contributed by atoms with Gasteiger partial charge < -0.3 is 5.32 Å². The van der Waals surface area contributed by atoms with Crippen LogP contribution in [0.4, 0.5) is 17.1 Å². The smallest absolute Gasteiger partial charge is 0.249 e. The fourth-order valence-electron chi connectivity index (χ4n) is 2.50. The number of benzene rings is 2. The maximum atomic E-state index is 13.0. The summed E-state index contributed by atoms with van der Waals surface area (Å²) in [5, 5.41) is 3.24. The van der Waals surface area contributed by atoms with Crippen LogP contribution >= 0.6 is 11.6 Å². The summed E-state index contributed by atoms with van der Waals surface area (Å²) in [6, 6.07) is 14.1. The van der Waals surface area contributed by atoms with Crippen molar-refractivity contribution in [1.29, 1.82) is 0 Å². The Balaban J connectivity index is 2.22. The molecule has 2 aromatic rings. The fraction of sp³-hybridized carbons (Fsp3) is 0.118. The Morgan fingerprint density at radius 1 is 1.17 bits per heavy atom. The molecule has 1 heterocycles. The van der Waals surface area contributed by atoms with E-state index in [0.29, 0.717) is 22.1 Å². The van der Waals surface area contributed by atoms with Gasteiger partial charge in [-0.25, -0.2) is 0 Å². The van der Waals surface area contributed by atoms with E-state index in [0.717, 1.165) is 0 Å². The molecule has 1 aliphatic heterocycles. The summed E-state index contributed by atoms with van der Waals surface area (Å²) in [4.78, 5) is 30.6. The fourth-order valence-corrected chi connectivity index (χ4v) is 2.67. The standard InChI is InChI=1S/C17H14ClN3O2/c1-19-10-13-16(22)20-14-8-7-11(18)9-15(14)21(17(13)23)12-5-3-2-4-6-12/h2-10,13H,1H3,(H,20,22). The lowest BCUT2D eigenvalue weighted by atomic mass is 10.1. The molecule has 6 heteroatoms. The third-order valence-electron chi connectivity index (χ3n) is 3.54. The largest absolute Gasteiger partial charge is 0.323 e. The van der Waals surface area contributed by atoms with Gasteiger partial charge in [0.25, 0.3) is 0 Å². The van der Waals surface area contributed by atoms with Gasteiger partial charge in [0.15, 0.2) is 5.92 Å². The first kappa shape index (κ1) is 15.2. The normalized spacial score (nSPS) is 17.8. The molecule has 0 spiro atoms. The molecule has 0 saturated carbocycles. The van der Waals surface area contributed by atoms with E-state index in [1.54, 1.807) is 30.3 Å². The first-order valence-electron chi connectivity index (χ1n) is 7.03. The van der Waals surface area contributed by atoms with Crippen LogP contribution in [0, 0.1) is 5.92 Å². The highest BCUT2D eigenvalue weighted by molar-refractivity contribution is 6.32. The molecule has 2 amide bonds. The molecule has 0 fully saturated rings. The predicted molar refractivity (Wildman–Crippen MR) is 91.6 cm³/mol. The molecule has 1 atom stereocenters. The third kappa shape index (κ3) is 2.83. The molecule has 0 radical (unpaired) electrons. The molecule has 1 unspecified atom stereocenters. The number of fused-ring (bicyclic) bond motifs is 1. The van der Waals surface area contributed by atoms with Gasteiger partial charge in [0.1, 0.15) is 0 Å². The van der Waals surface area contributed by atoms with Gasteiger partial charge in [-0.2, -0.15) is 0 Å². The van der Waals surface area contributed by atoms with Crippen LogP contribution in [0.1, 0.15) is 0 Å². The Morgan fingerprint density at radius 3 is 2.61 bits per heavy atom. The molecular weight excluding hydrogens is 314 g/mol. The molecule has 3 rings (SSSR count). The number of amides is 2. The van der Waals surface area contributed by atoms with Crippen LogP contribution in [0.15, 0.2) is 53.5 Å². The van der Waals surface area contributed by atoms with Crippen molar-refractivity contribution in [3.63, 3.8) is 0 Å². The number of nitrogens with zero attached hydrogens (tertiary/aromatic N) is 2. The number of rotatable bonds is 2. The SMILES string of the molecule is CN=CC1C(=O)Nc2ccc(Cl)cc2N(c2ccccc2)C1=O. The number of nitrogens with one attached hydrogen (secondary N) is 1. The summed E-state index contributed by atoms with van der Waals surface area (Å²) >= 11 is 6.09. The lowest BCUT2D eigenvalue weighted by molar-refractivity contribution is -0.127. The number of hydrogen-bond donors (Lipinski definition) is 1. The van der Waals surface area contributed by atoms with Gasteiger partial charge in [-0.1, -0.05) is 29.8 Å². The average molecular weight is 328 g/mol. The van der Waals surface area contributed by atoms with Crippen molar-refractivity contribution in [1.82, 2.24) is 0 Å². The highest BCUT2D eigenvalue weighted by Crippen LogP contribution is 2.37. The average Bonchev–Trinajstić information content (AvgIpc) is 2.64.